The van der Waals surface area contributed by atoms with Crippen LogP contribution in [0.15, 0.2) is 12.1 Å². The normalized spacial score (nSPS) is 11.6. The maximum atomic E-state index is 6.05. The third-order valence-corrected chi connectivity index (χ3v) is 3.55. The van der Waals surface area contributed by atoms with Gasteiger partial charge >= 0.3 is 0 Å². The van der Waals surface area contributed by atoms with Gasteiger partial charge < -0.3 is 4.57 Å². The summed E-state index contributed by atoms with van der Waals surface area (Å²) in [7, 11) is 0. The summed E-state index contributed by atoms with van der Waals surface area (Å²) in [6.07, 6.45) is 0.740. The van der Waals surface area contributed by atoms with Gasteiger partial charge in [-0.2, -0.15) is 0 Å². The molecule has 0 unspecified atom stereocenters. The van der Waals surface area contributed by atoms with Crippen LogP contribution in [0.1, 0.15) is 25.7 Å². The van der Waals surface area contributed by atoms with Crippen molar-refractivity contribution in [2.45, 2.75) is 26.3 Å². The number of aromatic nitrogens is 2. The number of nitrogens with zero attached hydrogens (tertiary/aromatic N) is 2. The summed E-state index contributed by atoms with van der Waals surface area (Å²) in [5.74, 6) is 1.53. The summed E-state index contributed by atoms with van der Waals surface area (Å²) < 4.78 is 2.15. The van der Waals surface area contributed by atoms with E-state index in [0.717, 1.165) is 23.3 Å². The SMILES string of the molecule is CC(C)n1c(CCCl)nc2cc(Cl)c(Cl)cc21. The molecule has 2 rings (SSSR count). The molecule has 0 N–H and O–H groups in total. The Hall–Kier alpha value is -0.440. The smallest absolute Gasteiger partial charge is 0.111 e. The highest BCUT2D eigenvalue weighted by Gasteiger charge is 2.14. The number of alkyl halides is 1. The summed E-state index contributed by atoms with van der Waals surface area (Å²) in [5.41, 5.74) is 1.88. The molecule has 0 radical (unpaired) electrons. The molecule has 1 aromatic heterocycles. The molecular formula is C12H13Cl3N2. The minimum Gasteiger partial charge on any atom is -0.325 e. The molecule has 0 aliphatic carbocycles. The Kier molecular flexibility index (Phi) is 3.86. The minimum atomic E-state index is 0.315. The minimum absolute atomic E-state index is 0.315. The van der Waals surface area contributed by atoms with Gasteiger partial charge in [0.05, 0.1) is 21.1 Å². The molecule has 0 atom stereocenters. The van der Waals surface area contributed by atoms with Gasteiger partial charge in [0.2, 0.25) is 0 Å². The summed E-state index contributed by atoms with van der Waals surface area (Å²) in [6.45, 7) is 4.22. The van der Waals surface area contributed by atoms with Crippen LogP contribution in [0.5, 0.6) is 0 Å². The Balaban J connectivity index is 2.71. The number of hydrogen-bond acceptors (Lipinski definition) is 1. The van der Waals surface area contributed by atoms with Crippen molar-refractivity contribution in [3.63, 3.8) is 0 Å². The van der Waals surface area contributed by atoms with E-state index >= 15 is 0 Å². The van der Waals surface area contributed by atoms with E-state index in [1.807, 2.05) is 6.07 Å². The van der Waals surface area contributed by atoms with E-state index < -0.39 is 0 Å². The molecule has 0 amide bonds. The van der Waals surface area contributed by atoms with Gasteiger partial charge in [0, 0.05) is 18.3 Å². The number of benzene rings is 1. The Morgan fingerprint density at radius 1 is 1.24 bits per heavy atom. The number of imidazole rings is 1. The maximum Gasteiger partial charge on any atom is 0.111 e. The van der Waals surface area contributed by atoms with Gasteiger partial charge in [-0.05, 0) is 26.0 Å². The molecule has 92 valence electrons. The zero-order valence-corrected chi connectivity index (χ0v) is 11.9. The van der Waals surface area contributed by atoms with Crippen LogP contribution in [0.3, 0.4) is 0 Å². The van der Waals surface area contributed by atoms with Gasteiger partial charge in [-0.1, -0.05) is 23.2 Å². The Labute approximate surface area is 115 Å². The number of aryl methyl sites for hydroxylation is 1. The zero-order chi connectivity index (χ0) is 12.6. The van der Waals surface area contributed by atoms with Crippen LogP contribution in [0.2, 0.25) is 10.0 Å². The molecule has 1 heterocycles. The number of rotatable bonds is 3. The first-order valence-corrected chi connectivity index (χ1v) is 6.75. The van der Waals surface area contributed by atoms with Crippen LogP contribution in [0, 0.1) is 0 Å². The van der Waals surface area contributed by atoms with E-state index in [9.17, 15) is 0 Å². The molecule has 2 nitrogen and oxygen atoms in total. The Bertz CT molecular complexity index is 546. The second-order valence-electron chi connectivity index (χ2n) is 4.19. The van der Waals surface area contributed by atoms with Gasteiger partial charge in [0.1, 0.15) is 5.82 Å². The van der Waals surface area contributed by atoms with Crippen LogP contribution in [0.4, 0.5) is 0 Å². The highest BCUT2D eigenvalue weighted by atomic mass is 35.5. The second-order valence-corrected chi connectivity index (χ2v) is 5.38. The Morgan fingerprint density at radius 3 is 2.47 bits per heavy atom. The lowest BCUT2D eigenvalue weighted by atomic mass is 10.3. The predicted molar refractivity (Wildman–Crippen MR) is 74.6 cm³/mol. The molecule has 5 heteroatoms. The van der Waals surface area contributed by atoms with E-state index in [0.29, 0.717) is 22.0 Å². The lowest BCUT2D eigenvalue weighted by Gasteiger charge is -2.12. The quantitative estimate of drug-likeness (QED) is 0.749. The average Bonchev–Trinajstić information content (AvgIpc) is 2.57. The standard InChI is InChI=1S/C12H13Cl3N2/c1-7(2)17-11-6-9(15)8(14)5-10(11)16-12(17)3-4-13/h5-7H,3-4H2,1-2H3. The topological polar surface area (TPSA) is 17.8 Å². The van der Waals surface area contributed by atoms with Gasteiger partial charge in [-0.15, -0.1) is 11.6 Å². The van der Waals surface area contributed by atoms with Crippen molar-refractivity contribution >= 4 is 45.8 Å². The van der Waals surface area contributed by atoms with Crippen molar-refractivity contribution in [1.82, 2.24) is 9.55 Å². The lowest BCUT2D eigenvalue weighted by molar-refractivity contribution is 0.589. The third-order valence-electron chi connectivity index (χ3n) is 2.64. The lowest BCUT2D eigenvalue weighted by Crippen LogP contribution is -2.06. The number of hydrogen-bond donors (Lipinski definition) is 0. The van der Waals surface area contributed by atoms with Crippen molar-refractivity contribution < 1.29 is 0 Å². The largest absolute Gasteiger partial charge is 0.325 e. The van der Waals surface area contributed by atoms with E-state index in [-0.39, 0.29) is 0 Å². The second kappa shape index (κ2) is 5.05. The maximum absolute atomic E-state index is 6.05. The number of halogens is 3. The van der Waals surface area contributed by atoms with Crippen molar-refractivity contribution in [3.05, 3.63) is 28.0 Å². The van der Waals surface area contributed by atoms with Crippen molar-refractivity contribution in [2.24, 2.45) is 0 Å². The van der Waals surface area contributed by atoms with Crippen LogP contribution >= 0.6 is 34.8 Å². The molecule has 0 fully saturated rings. The third kappa shape index (κ3) is 2.40. The van der Waals surface area contributed by atoms with Gasteiger partial charge in [0.25, 0.3) is 0 Å². The van der Waals surface area contributed by atoms with E-state index in [1.54, 1.807) is 6.07 Å². The van der Waals surface area contributed by atoms with Gasteiger partial charge in [-0.3, -0.25) is 0 Å². The predicted octanol–water partition coefficient (Wildman–Crippen LogP) is 4.71. The van der Waals surface area contributed by atoms with Gasteiger partial charge in [-0.25, -0.2) is 4.98 Å². The molecule has 0 aliphatic heterocycles. The first kappa shape index (κ1) is 13.0. The molecule has 1 aromatic carbocycles. The molecular weight excluding hydrogens is 279 g/mol. The fraction of sp³-hybridized carbons (Fsp3) is 0.417. The fourth-order valence-electron chi connectivity index (χ4n) is 1.98. The zero-order valence-electron chi connectivity index (χ0n) is 9.67. The van der Waals surface area contributed by atoms with Crippen LogP contribution < -0.4 is 0 Å². The van der Waals surface area contributed by atoms with E-state index in [1.165, 1.54) is 0 Å². The molecule has 0 saturated carbocycles. The molecule has 0 spiro atoms. The molecule has 0 bridgehead atoms. The highest BCUT2D eigenvalue weighted by Crippen LogP contribution is 2.30. The van der Waals surface area contributed by atoms with Crippen LogP contribution in [-0.2, 0) is 6.42 Å². The van der Waals surface area contributed by atoms with Crippen molar-refractivity contribution in [2.75, 3.05) is 5.88 Å². The highest BCUT2D eigenvalue weighted by molar-refractivity contribution is 6.42. The molecule has 0 aliphatic rings. The van der Waals surface area contributed by atoms with Crippen molar-refractivity contribution in [3.8, 4) is 0 Å². The monoisotopic (exact) mass is 290 g/mol. The van der Waals surface area contributed by atoms with Gasteiger partial charge in [0.15, 0.2) is 0 Å². The number of fused-ring (bicyclic) bond motifs is 1. The van der Waals surface area contributed by atoms with Crippen LogP contribution in [-0.4, -0.2) is 15.4 Å². The average molecular weight is 292 g/mol. The summed E-state index contributed by atoms with van der Waals surface area (Å²) in [4.78, 5) is 4.56. The molecule has 0 saturated heterocycles. The summed E-state index contributed by atoms with van der Waals surface area (Å²) >= 11 is 17.8. The fourth-order valence-corrected chi connectivity index (χ4v) is 2.46. The molecule has 17 heavy (non-hydrogen) atoms. The summed E-state index contributed by atoms with van der Waals surface area (Å²) in [6, 6.07) is 3.98. The molecule has 2 aromatic rings. The van der Waals surface area contributed by atoms with Crippen LogP contribution in [0.25, 0.3) is 11.0 Å². The first-order chi connectivity index (χ1) is 8.04. The van der Waals surface area contributed by atoms with E-state index in [4.69, 9.17) is 34.8 Å². The Morgan fingerprint density at radius 2 is 1.88 bits per heavy atom. The summed E-state index contributed by atoms with van der Waals surface area (Å²) in [5, 5.41) is 1.09. The van der Waals surface area contributed by atoms with E-state index in [2.05, 4.69) is 23.4 Å². The first-order valence-electron chi connectivity index (χ1n) is 5.46. The van der Waals surface area contributed by atoms with Crippen molar-refractivity contribution in [1.29, 1.82) is 0 Å².